The Balaban J connectivity index is 1.54. The highest BCUT2D eigenvalue weighted by Crippen LogP contribution is 2.24. The van der Waals surface area contributed by atoms with E-state index in [-0.39, 0.29) is 11.6 Å². The van der Waals surface area contributed by atoms with Crippen LogP contribution in [0.4, 0.5) is 10.1 Å². The van der Waals surface area contributed by atoms with E-state index in [4.69, 9.17) is 0 Å². The Morgan fingerprint density at radius 2 is 1.86 bits per heavy atom. The molecule has 1 fully saturated rings. The lowest BCUT2D eigenvalue weighted by Gasteiger charge is -2.18. The molecule has 2 aromatic carbocycles. The lowest BCUT2D eigenvalue weighted by molar-refractivity contribution is -0.118. The summed E-state index contributed by atoms with van der Waals surface area (Å²) < 4.78 is 15.8. The van der Waals surface area contributed by atoms with Gasteiger partial charge in [-0.05, 0) is 37.6 Å². The highest BCUT2D eigenvalue weighted by atomic mass is 19.1. The van der Waals surface area contributed by atoms with Crippen LogP contribution in [0.25, 0.3) is 5.69 Å². The zero-order valence-corrected chi connectivity index (χ0v) is 15.3. The van der Waals surface area contributed by atoms with E-state index < -0.39 is 17.8 Å². The molecule has 2 amide bonds. The Morgan fingerprint density at radius 1 is 1.14 bits per heavy atom. The second-order valence-electron chi connectivity index (χ2n) is 6.62. The first-order valence-corrected chi connectivity index (χ1v) is 9.03. The van der Waals surface area contributed by atoms with Crippen molar-refractivity contribution in [2.24, 2.45) is 0 Å². The largest absolute Gasteiger partial charge is 0.339 e. The summed E-state index contributed by atoms with van der Waals surface area (Å²) >= 11 is 0. The molecule has 3 aromatic rings. The number of benzene rings is 2. The standard InChI is InChI=1S/C21H19FN4O2/c1-14-23-13-19(26(14)15-7-3-2-4-8-15)20(27)24-17-11-12-25(21(17)28)18-10-6-5-9-16(18)22/h2-10,13,17H,11-12H2,1H3,(H,24,27). The molecule has 1 aliphatic heterocycles. The van der Waals surface area contributed by atoms with Gasteiger partial charge in [-0.1, -0.05) is 30.3 Å². The van der Waals surface area contributed by atoms with Crippen LogP contribution in [0.2, 0.25) is 0 Å². The minimum absolute atomic E-state index is 0.231. The van der Waals surface area contributed by atoms with E-state index in [9.17, 15) is 14.0 Å². The molecule has 1 unspecified atom stereocenters. The van der Waals surface area contributed by atoms with Crippen LogP contribution in [0.1, 0.15) is 22.7 Å². The SMILES string of the molecule is Cc1ncc(C(=O)NC2CCN(c3ccccc3F)C2=O)n1-c1ccccc1. The first-order chi connectivity index (χ1) is 13.6. The summed E-state index contributed by atoms with van der Waals surface area (Å²) in [6.07, 6.45) is 1.91. The second-order valence-corrected chi connectivity index (χ2v) is 6.62. The highest BCUT2D eigenvalue weighted by Gasteiger charge is 2.35. The Bertz CT molecular complexity index is 1030. The maximum Gasteiger partial charge on any atom is 0.270 e. The number of imidazole rings is 1. The summed E-state index contributed by atoms with van der Waals surface area (Å²) in [5.41, 5.74) is 1.39. The third-order valence-electron chi connectivity index (χ3n) is 4.84. The van der Waals surface area contributed by atoms with Crippen molar-refractivity contribution >= 4 is 17.5 Å². The number of hydrogen-bond acceptors (Lipinski definition) is 3. The van der Waals surface area contributed by atoms with Crippen molar-refractivity contribution in [1.82, 2.24) is 14.9 Å². The third-order valence-corrected chi connectivity index (χ3v) is 4.84. The zero-order chi connectivity index (χ0) is 19.7. The maximum atomic E-state index is 14.0. The Morgan fingerprint density at radius 3 is 2.61 bits per heavy atom. The number of halogens is 1. The molecule has 1 aliphatic rings. The van der Waals surface area contributed by atoms with Crippen LogP contribution >= 0.6 is 0 Å². The number of carbonyl (C=O) groups excluding carboxylic acids is 2. The molecule has 0 bridgehead atoms. The van der Waals surface area contributed by atoms with Gasteiger partial charge in [-0.3, -0.25) is 14.2 Å². The second kappa shape index (κ2) is 7.26. The summed E-state index contributed by atoms with van der Waals surface area (Å²) in [6, 6.07) is 14.8. The first kappa shape index (κ1) is 17.9. The fourth-order valence-electron chi connectivity index (χ4n) is 3.46. The monoisotopic (exact) mass is 378 g/mol. The van der Waals surface area contributed by atoms with Crippen LogP contribution in [0.15, 0.2) is 60.8 Å². The summed E-state index contributed by atoms with van der Waals surface area (Å²) in [5.74, 6) is -0.498. The molecule has 0 radical (unpaired) electrons. The summed E-state index contributed by atoms with van der Waals surface area (Å²) in [7, 11) is 0. The lowest BCUT2D eigenvalue weighted by atomic mass is 10.2. The molecule has 4 rings (SSSR count). The molecule has 28 heavy (non-hydrogen) atoms. The minimum atomic E-state index is -0.702. The lowest BCUT2D eigenvalue weighted by Crippen LogP contribution is -2.42. The number of amides is 2. The van der Waals surface area contributed by atoms with Crippen LogP contribution in [0.3, 0.4) is 0 Å². The van der Waals surface area contributed by atoms with Gasteiger partial charge in [0.2, 0.25) is 5.91 Å². The maximum absolute atomic E-state index is 14.0. The van der Waals surface area contributed by atoms with Crippen molar-refractivity contribution in [1.29, 1.82) is 0 Å². The Labute approximate surface area is 161 Å². The van der Waals surface area contributed by atoms with E-state index in [1.807, 2.05) is 37.3 Å². The van der Waals surface area contributed by atoms with Crippen molar-refractivity contribution in [3.63, 3.8) is 0 Å². The summed E-state index contributed by atoms with van der Waals surface area (Å²) in [6.45, 7) is 2.16. The number of hydrogen-bond donors (Lipinski definition) is 1. The third kappa shape index (κ3) is 3.15. The average molecular weight is 378 g/mol. The van der Waals surface area contributed by atoms with E-state index in [0.29, 0.717) is 24.5 Å². The normalized spacial score (nSPS) is 16.4. The van der Waals surface area contributed by atoms with Gasteiger partial charge in [0.15, 0.2) is 0 Å². The van der Waals surface area contributed by atoms with Gasteiger partial charge in [-0.15, -0.1) is 0 Å². The van der Waals surface area contributed by atoms with Crippen molar-refractivity contribution < 1.29 is 14.0 Å². The molecular weight excluding hydrogens is 359 g/mol. The number of aryl methyl sites for hydroxylation is 1. The zero-order valence-electron chi connectivity index (χ0n) is 15.3. The number of nitrogens with one attached hydrogen (secondary N) is 1. The molecule has 0 saturated carbocycles. The fraction of sp³-hybridized carbons (Fsp3) is 0.190. The molecule has 1 aromatic heterocycles. The molecule has 1 atom stereocenters. The molecule has 0 spiro atoms. The molecule has 2 heterocycles. The summed E-state index contributed by atoms with van der Waals surface area (Å²) in [4.78, 5) is 31.2. The minimum Gasteiger partial charge on any atom is -0.339 e. The highest BCUT2D eigenvalue weighted by molar-refractivity contribution is 6.03. The molecular formula is C21H19FN4O2. The molecule has 1 saturated heterocycles. The van der Waals surface area contributed by atoms with E-state index in [1.165, 1.54) is 17.2 Å². The quantitative estimate of drug-likeness (QED) is 0.759. The average Bonchev–Trinajstić information content (AvgIpc) is 3.26. The van der Waals surface area contributed by atoms with Crippen LogP contribution < -0.4 is 10.2 Å². The topological polar surface area (TPSA) is 67.2 Å². The van der Waals surface area contributed by atoms with Gasteiger partial charge < -0.3 is 10.2 Å². The van der Waals surface area contributed by atoms with Gasteiger partial charge in [0.25, 0.3) is 5.91 Å². The molecule has 7 heteroatoms. The van der Waals surface area contributed by atoms with Gasteiger partial charge in [-0.2, -0.15) is 0 Å². The first-order valence-electron chi connectivity index (χ1n) is 9.03. The molecule has 142 valence electrons. The number of para-hydroxylation sites is 2. The molecule has 6 nitrogen and oxygen atoms in total. The predicted molar refractivity (Wildman–Crippen MR) is 103 cm³/mol. The van der Waals surface area contributed by atoms with E-state index in [1.54, 1.807) is 22.8 Å². The predicted octanol–water partition coefficient (Wildman–Crippen LogP) is 2.86. The van der Waals surface area contributed by atoms with Crippen molar-refractivity contribution in [2.45, 2.75) is 19.4 Å². The smallest absolute Gasteiger partial charge is 0.270 e. The van der Waals surface area contributed by atoms with Gasteiger partial charge in [0.1, 0.15) is 23.4 Å². The number of carbonyl (C=O) groups is 2. The molecule has 1 N–H and O–H groups in total. The van der Waals surface area contributed by atoms with Crippen molar-refractivity contribution in [2.75, 3.05) is 11.4 Å². The molecule has 0 aliphatic carbocycles. The van der Waals surface area contributed by atoms with E-state index in [0.717, 1.165) is 5.69 Å². The number of anilines is 1. The number of nitrogens with zero attached hydrogens (tertiary/aromatic N) is 3. The van der Waals surface area contributed by atoms with Crippen LogP contribution in [-0.2, 0) is 4.79 Å². The van der Waals surface area contributed by atoms with Crippen molar-refractivity contribution in [3.8, 4) is 5.69 Å². The van der Waals surface area contributed by atoms with Crippen LogP contribution in [0, 0.1) is 12.7 Å². The number of rotatable bonds is 4. The van der Waals surface area contributed by atoms with Crippen molar-refractivity contribution in [3.05, 3.63) is 78.1 Å². The van der Waals surface area contributed by atoms with Crippen LogP contribution in [0.5, 0.6) is 0 Å². The van der Waals surface area contributed by atoms with E-state index in [2.05, 4.69) is 10.3 Å². The van der Waals surface area contributed by atoms with Gasteiger partial charge in [0, 0.05) is 12.2 Å². The number of aromatic nitrogens is 2. The van der Waals surface area contributed by atoms with Gasteiger partial charge >= 0.3 is 0 Å². The van der Waals surface area contributed by atoms with Crippen LogP contribution in [-0.4, -0.2) is 34.0 Å². The Kier molecular flexibility index (Phi) is 4.65. The van der Waals surface area contributed by atoms with Gasteiger partial charge in [0.05, 0.1) is 11.9 Å². The van der Waals surface area contributed by atoms with Gasteiger partial charge in [-0.25, -0.2) is 9.37 Å². The van der Waals surface area contributed by atoms with E-state index >= 15 is 0 Å². The summed E-state index contributed by atoms with van der Waals surface area (Å²) in [5, 5.41) is 2.77. The Hall–Kier alpha value is -3.48. The fourth-order valence-corrected chi connectivity index (χ4v) is 3.46.